The van der Waals surface area contributed by atoms with Crippen LogP contribution in [0.3, 0.4) is 0 Å². The van der Waals surface area contributed by atoms with Crippen molar-refractivity contribution in [2.45, 2.75) is 57.9 Å². The third-order valence-corrected chi connectivity index (χ3v) is 8.49. The molecule has 5 aliphatic rings. The Morgan fingerprint density at radius 3 is 2.19 bits per heavy atom. The number of quaternary nitrogens is 1. The third kappa shape index (κ3) is 4.67. The van der Waals surface area contributed by atoms with Crippen LogP contribution >= 0.6 is 0 Å². The molecule has 1 aliphatic heterocycles. The number of nitrogens with zero attached hydrogens (tertiary/aromatic N) is 1. The summed E-state index contributed by atoms with van der Waals surface area (Å²) in [6.45, 7) is 5.42. The van der Waals surface area contributed by atoms with Crippen LogP contribution in [-0.4, -0.2) is 49.4 Å². The summed E-state index contributed by atoms with van der Waals surface area (Å²) in [5, 5.41) is 3.22. The molecule has 4 bridgehead atoms. The van der Waals surface area contributed by atoms with Gasteiger partial charge in [0.05, 0.1) is 26.2 Å². The van der Waals surface area contributed by atoms with Crippen molar-refractivity contribution >= 4 is 11.8 Å². The second-order valence-electron chi connectivity index (χ2n) is 10.9. The fourth-order valence-electron chi connectivity index (χ4n) is 7.31. The van der Waals surface area contributed by atoms with Crippen molar-refractivity contribution in [3.8, 4) is 0 Å². The number of hydrogen-bond acceptors (Lipinski definition) is 2. The monoisotopic (exact) mass is 424 g/mol. The lowest BCUT2D eigenvalue weighted by molar-refractivity contribution is -0.917. The van der Waals surface area contributed by atoms with Crippen LogP contribution in [0.2, 0.25) is 0 Å². The Morgan fingerprint density at radius 2 is 1.58 bits per heavy atom. The maximum absolute atomic E-state index is 13.0. The van der Waals surface area contributed by atoms with Crippen LogP contribution in [0.4, 0.5) is 0 Å². The molecule has 1 aromatic carbocycles. The molecule has 2 amide bonds. The van der Waals surface area contributed by atoms with E-state index in [0.29, 0.717) is 13.0 Å². The number of piperazine rings is 1. The summed E-state index contributed by atoms with van der Waals surface area (Å²) >= 11 is 0. The molecule has 0 unspecified atom stereocenters. The zero-order valence-electron chi connectivity index (χ0n) is 18.8. The fourth-order valence-corrected chi connectivity index (χ4v) is 7.31. The summed E-state index contributed by atoms with van der Waals surface area (Å²) in [4.78, 5) is 29.2. The first kappa shape index (κ1) is 21.0. The van der Waals surface area contributed by atoms with Crippen LogP contribution in [0.15, 0.2) is 30.3 Å². The van der Waals surface area contributed by atoms with Gasteiger partial charge < -0.3 is 15.1 Å². The van der Waals surface area contributed by atoms with E-state index in [9.17, 15) is 9.59 Å². The highest BCUT2D eigenvalue weighted by Gasteiger charge is 2.54. The Morgan fingerprint density at radius 1 is 0.968 bits per heavy atom. The van der Waals surface area contributed by atoms with Crippen molar-refractivity contribution < 1.29 is 14.5 Å². The van der Waals surface area contributed by atoms with E-state index in [-0.39, 0.29) is 17.2 Å². The molecule has 5 nitrogen and oxygen atoms in total. The Labute approximate surface area is 186 Å². The number of carbonyl (C=O) groups excluding carboxylic acids is 2. The maximum Gasteiger partial charge on any atom is 0.226 e. The van der Waals surface area contributed by atoms with Gasteiger partial charge in [-0.15, -0.1) is 0 Å². The predicted molar refractivity (Wildman–Crippen MR) is 120 cm³/mol. The predicted octanol–water partition coefficient (Wildman–Crippen LogP) is 2.03. The lowest BCUT2D eigenvalue weighted by Crippen LogP contribution is -3.13. The van der Waals surface area contributed by atoms with Gasteiger partial charge in [-0.2, -0.15) is 0 Å². The van der Waals surface area contributed by atoms with Crippen LogP contribution < -0.4 is 10.2 Å². The van der Waals surface area contributed by atoms with Crippen LogP contribution in [0, 0.1) is 23.2 Å². The molecule has 0 atom stereocenters. The SMILES string of the molecule is O=C(CCCNC(=O)C12CC3CC(CC(C3)C1)C2)N1CC[NH+](Cc2ccccc2)CC1. The van der Waals surface area contributed by atoms with E-state index in [2.05, 4.69) is 35.6 Å². The molecule has 31 heavy (non-hydrogen) atoms. The first-order valence-corrected chi connectivity index (χ1v) is 12.5. The molecule has 1 saturated heterocycles. The zero-order valence-corrected chi connectivity index (χ0v) is 18.8. The summed E-state index contributed by atoms with van der Waals surface area (Å²) in [7, 11) is 0. The number of benzene rings is 1. The number of hydrogen-bond donors (Lipinski definition) is 2. The number of amides is 2. The van der Waals surface area contributed by atoms with Crippen molar-refractivity contribution in [3.63, 3.8) is 0 Å². The Balaban J connectivity index is 1.01. The minimum Gasteiger partial charge on any atom is -0.356 e. The van der Waals surface area contributed by atoms with Crippen molar-refractivity contribution in [2.75, 3.05) is 32.7 Å². The smallest absolute Gasteiger partial charge is 0.226 e. The highest BCUT2D eigenvalue weighted by molar-refractivity contribution is 5.83. The van der Waals surface area contributed by atoms with Crippen molar-refractivity contribution in [3.05, 3.63) is 35.9 Å². The van der Waals surface area contributed by atoms with Gasteiger partial charge in [0.2, 0.25) is 11.8 Å². The standard InChI is InChI=1S/C26H37N3O2/c30-24(29-11-9-28(10-12-29)19-20-5-2-1-3-6-20)7-4-8-27-25(31)26-16-21-13-22(17-26)15-23(14-21)18-26/h1-3,5-6,21-23H,4,7-19H2,(H,27,31)/p+1. The number of carbonyl (C=O) groups is 2. The minimum atomic E-state index is -0.0728. The van der Waals surface area contributed by atoms with Gasteiger partial charge in [-0.05, 0) is 62.7 Å². The molecule has 2 N–H and O–H groups in total. The largest absolute Gasteiger partial charge is 0.356 e. The second kappa shape index (κ2) is 8.93. The lowest BCUT2D eigenvalue weighted by atomic mass is 9.49. The van der Waals surface area contributed by atoms with Gasteiger partial charge in [-0.25, -0.2) is 0 Å². The summed E-state index contributed by atoms with van der Waals surface area (Å²) in [6.07, 6.45) is 8.73. The summed E-state index contributed by atoms with van der Waals surface area (Å²) in [6, 6.07) is 10.6. The molecule has 1 aromatic rings. The Bertz CT molecular complexity index is 750. The molecule has 0 spiro atoms. The maximum atomic E-state index is 13.0. The van der Waals surface area contributed by atoms with Gasteiger partial charge in [-0.1, -0.05) is 30.3 Å². The van der Waals surface area contributed by atoms with E-state index < -0.39 is 0 Å². The molecular formula is C26H38N3O2+. The van der Waals surface area contributed by atoms with Crippen LogP contribution in [-0.2, 0) is 16.1 Å². The van der Waals surface area contributed by atoms with E-state index in [0.717, 1.165) is 76.2 Å². The van der Waals surface area contributed by atoms with E-state index in [1.807, 2.05) is 4.90 Å². The molecule has 4 aliphatic carbocycles. The summed E-state index contributed by atoms with van der Waals surface area (Å²) < 4.78 is 0. The first-order valence-electron chi connectivity index (χ1n) is 12.5. The Kier molecular flexibility index (Phi) is 6.05. The van der Waals surface area contributed by atoms with Crippen molar-refractivity contribution in [1.29, 1.82) is 0 Å². The summed E-state index contributed by atoms with van der Waals surface area (Å²) in [5.41, 5.74) is 1.29. The zero-order chi connectivity index (χ0) is 21.3. The van der Waals surface area contributed by atoms with Crippen molar-refractivity contribution in [2.24, 2.45) is 23.2 Å². The molecule has 0 aromatic heterocycles. The van der Waals surface area contributed by atoms with Crippen LogP contribution in [0.1, 0.15) is 56.9 Å². The highest BCUT2D eigenvalue weighted by atomic mass is 16.2. The third-order valence-electron chi connectivity index (χ3n) is 8.49. The van der Waals surface area contributed by atoms with Gasteiger partial charge in [0.1, 0.15) is 6.54 Å². The molecule has 4 saturated carbocycles. The molecule has 1 heterocycles. The topological polar surface area (TPSA) is 53.9 Å². The lowest BCUT2D eigenvalue weighted by Gasteiger charge is -2.55. The van der Waals surface area contributed by atoms with E-state index in [1.54, 1.807) is 4.90 Å². The van der Waals surface area contributed by atoms with Gasteiger partial charge in [0, 0.05) is 23.9 Å². The van der Waals surface area contributed by atoms with Crippen molar-refractivity contribution in [1.82, 2.24) is 10.2 Å². The molecular weight excluding hydrogens is 386 g/mol. The van der Waals surface area contributed by atoms with Gasteiger partial charge in [0.15, 0.2) is 0 Å². The van der Waals surface area contributed by atoms with E-state index in [1.165, 1.54) is 24.8 Å². The molecule has 6 rings (SSSR count). The van der Waals surface area contributed by atoms with E-state index in [4.69, 9.17) is 0 Å². The van der Waals surface area contributed by atoms with Gasteiger partial charge in [0.25, 0.3) is 0 Å². The van der Waals surface area contributed by atoms with Crippen LogP contribution in [0.25, 0.3) is 0 Å². The Hall–Kier alpha value is -1.88. The fraction of sp³-hybridized carbons (Fsp3) is 0.692. The highest BCUT2D eigenvalue weighted by Crippen LogP contribution is 2.60. The number of rotatable bonds is 7. The van der Waals surface area contributed by atoms with Gasteiger partial charge >= 0.3 is 0 Å². The molecule has 5 heteroatoms. The van der Waals surface area contributed by atoms with E-state index >= 15 is 0 Å². The average Bonchev–Trinajstić information content (AvgIpc) is 2.77. The minimum absolute atomic E-state index is 0.0728. The number of nitrogens with one attached hydrogen (secondary N) is 2. The molecule has 0 radical (unpaired) electrons. The first-order chi connectivity index (χ1) is 15.1. The quantitative estimate of drug-likeness (QED) is 0.658. The molecule has 5 fully saturated rings. The average molecular weight is 425 g/mol. The van der Waals surface area contributed by atoms with Gasteiger partial charge in [-0.3, -0.25) is 9.59 Å². The normalized spacial score (nSPS) is 32.3. The second-order valence-corrected chi connectivity index (χ2v) is 10.9. The summed E-state index contributed by atoms with van der Waals surface area (Å²) in [5.74, 6) is 2.92. The van der Waals surface area contributed by atoms with Crippen LogP contribution in [0.5, 0.6) is 0 Å². The molecule has 168 valence electrons.